The summed E-state index contributed by atoms with van der Waals surface area (Å²) in [5.74, 6) is 0.270. The molecular formula is C23H18BrFN2O4S. The molecule has 164 valence electrons. The summed E-state index contributed by atoms with van der Waals surface area (Å²) in [6, 6.07) is 18.7. The molecule has 4 rings (SSSR count). The van der Waals surface area contributed by atoms with Crippen LogP contribution in [0.2, 0.25) is 0 Å². The van der Waals surface area contributed by atoms with Crippen LogP contribution in [0.1, 0.15) is 6.92 Å². The van der Waals surface area contributed by atoms with Crippen LogP contribution in [0, 0.1) is 5.82 Å². The fraction of sp³-hybridized carbons (Fsp3) is 0.0870. The molecule has 0 bridgehead atoms. The fourth-order valence-corrected chi connectivity index (χ4v) is 4.46. The van der Waals surface area contributed by atoms with Gasteiger partial charge in [-0.15, -0.1) is 0 Å². The molecule has 0 atom stereocenters. The van der Waals surface area contributed by atoms with Crippen LogP contribution in [-0.2, 0) is 9.84 Å². The summed E-state index contributed by atoms with van der Waals surface area (Å²) in [7, 11) is -4.01. The first kappa shape index (κ1) is 22.0. The van der Waals surface area contributed by atoms with Crippen molar-refractivity contribution >= 4 is 37.3 Å². The molecule has 1 heterocycles. The number of nitrogens with one attached hydrogen (secondary N) is 1. The highest BCUT2D eigenvalue weighted by atomic mass is 79.9. The topological polar surface area (TPSA) is 81.4 Å². The number of benzene rings is 3. The molecule has 4 aromatic rings. The first-order valence-corrected chi connectivity index (χ1v) is 11.9. The third kappa shape index (κ3) is 4.68. The molecule has 1 N–H and O–H groups in total. The van der Waals surface area contributed by atoms with Crippen molar-refractivity contribution in [3.05, 3.63) is 83.1 Å². The van der Waals surface area contributed by atoms with E-state index in [0.717, 1.165) is 4.47 Å². The van der Waals surface area contributed by atoms with Gasteiger partial charge in [0.2, 0.25) is 26.6 Å². The molecule has 0 amide bonds. The van der Waals surface area contributed by atoms with E-state index in [1.807, 2.05) is 6.92 Å². The Bertz CT molecular complexity index is 1320. The maximum absolute atomic E-state index is 13.3. The van der Waals surface area contributed by atoms with Gasteiger partial charge in [-0.25, -0.2) is 12.8 Å². The highest BCUT2D eigenvalue weighted by Crippen LogP contribution is 2.34. The Hall–Kier alpha value is -3.17. The van der Waals surface area contributed by atoms with Crippen molar-refractivity contribution in [3.8, 4) is 17.2 Å². The number of aromatic nitrogens is 1. The predicted molar refractivity (Wildman–Crippen MR) is 122 cm³/mol. The highest BCUT2D eigenvalue weighted by Gasteiger charge is 2.28. The molecule has 0 aliphatic carbocycles. The van der Waals surface area contributed by atoms with Gasteiger partial charge in [-0.1, -0.05) is 15.9 Å². The van der Waals surface area contributed by atoms with Crippen LogP contribution >= 0.6 is 15.9 Å². The van der Waals surface area contributed by atoms with Crippen molar-refractivity contribution in [2.24, 2.45) is 0 Å². The molecule has 0 saturated carbocycles. The summed E-state index contributed by atoms with van der Waals surface area (Å²) in [5.41, 5.74) is 1.03. The molecule has 3 aromatic carbocycles. The zero-order valence-corrected chi connectivity index (χ0v) is 19.3. The zero-order chi connectivity index (χ0) is 22.7. The maximum atomic E-state index is 13.3. The highest BCUT2D eigenvalue weighted by molar-refractivity contribution is 9.10. The van der Waals surface area contributed by atoms with Gasteiger partial charge < -0.3 is 14.5 Å². The maximum Gasteiger partial charge on any atom is 0.238 e. The zero-order valence-electron chi connectivity index (χ0n) is 16.9. The van der Waals surface area contributed by atoms with Crippen molar-refractivity contribution in [2.75, 3.05) is 11.9 Å². The quantitative estimate of drug-likeness (QED) is 0.314. The van der Waals surface area contributed by atoms with E-state index in [1.54, 1.807) is 36.4 Å². The Morgan fingerprint density at radius 3 is 2.28 bits per heavy atom. The van der Waals surface area contributed by atoms with Crippen molar-refractivity contribution in [1.82, 2.24) is 4.98 Å². The number of anilines is 2. The summed E-state index contributed by atoms with van der Waals surface area (Å²) < 4.78 is 52.0. The average molecular weight is 517 g/mol. The van der Waals surface area contributed by atoms with Gasteiger partial charge >= 0.3 is 0 Å². The van der Waals surface area contributed by atoms with Crippen molar-refractivity contribution in [3.63, 3.8) is 0 Å². The molecule has 1 aromatic heterocycles. The minimum Gasteiger partial charge on any atom is -0.494 e. The molecule has 0 fully saturated rings. The van der Waals surface area contributed by atoms with Crippen molar-refractivity contribution in [2.45, 2.75) is 16.8 Å². The summed E-state index contributed by atoms with van der Waals surface area (Å²) in [6.07, 6.45) is 0. The van der Waals surface area contributed by atoms with E-state index in [9.17, 15) is 12.8 Å². The van der Waals surface area contributed by atoms with Gasteiger partial charge in [0, 0.05) is 15.7 Å². The smallest absolute Gasteiger partial charge is 0.238 e. The normalized spacial score (nSPS) is 11.3. The Kier molecular flexibility index (Phi) is 6.29. The van der Waals surface area contributed by atoms with Crippen LogP contribution in [0.25, 0.3) is 11.5 Å². The van der Waals surface area contributed by atoms with E-state index in [4.69, 9.17) is 9.15 Å². The molecule has 9 heteroatoms. The van der Waals surface area contributed by atoms with E-state index in [-0.39, 0.29) is 21.7 Å². The monoisotopic (exact) mass is 516 g/mol. The summed E-state index contributed by atoms with van der Waals surface area (Å²) in [5, 5.41) is 2.71. The molecule has 0 aliphatic rings. The van der Waals surface area contributed by atoms with E-state index >= 15 is 0 Å². The van der Waals surface area contributed by atoms with Crippen molar-refractivity contribution in [1.29, 1.82) is 0 Å². The lowest BCUT2D eigenvalue weighted by molar-refractivity contribution is 0.340. The number of hydrogen-bond donors (Lipinski definition) is 1. The summed E-state index contributed by atoms with van der Waals surface area (Å²) >= 11 is 3.30. The van der Waals surface area contributed by atoms with Gasteiger partial charge in [-0.2, -0.15) is 4.98 Å². The molecule has 0 saturated heterocycles. The molecular weight excluding hydrogens is 499 g/mol. The van der Waals surface area contributed by atoms with Crippen LogP contribution < -0.4 is 10.1 Å². The fourth-order valence-electron chi connectivity index (χ4n) is 2.94. The summed E-state index contributed by atoms with van der Waals surface area (Å²) in [4.78, 5) is 4.31. The van der Waals surface area contributed by atoms with Crippen LogP contribution in [-0.4, -0.2) is 20.0 Å². The van der Waals surface area contributed by atoms with Crippen LogP contribution in [0.15, 0.2) is 91.6 Å². The second-order valence-corrected chi connectivity index (χ2v) is 9.48. The van der Waals surface area contributed by atoms with Gasteiger partial charge in [-0.05, 0) is 79.7 Å². The minimum atomic E-state index is -4.01. The van der Waals surface area contributed by atoms with E-state index in [1.165, 1.54) is 36.4 Å². The Morgan fingerprint density at radius 2 is 1.66 bits per heavy atom. The SMILES string of the molecule is CCOc1ccc(Nc2oc(-c3ccc(F)cc3)nc2S(=O)(=O)c2ccc(Br)cc2)cc1. The molecule has 0 spiro atoms. The minimum absolute atomic E-state index is 0.0450. The second kappa shape index (κ2) is 9.13. The number of oxazole rings is 1. The Labute approximate surface area is 193 Å². The number of hydrogen-bond acceptors (Lipinski definition) is 6. The lowest BCUT2D eigenvalue weighted by atomic mass is 10.2. The van der Waals surface area contributed by atoms with E-state index in [2.05, 4.69) is 26.2 Å². The number of rotatable bonds is 7. The van der Waals surface area contributed by atoms with Gasteiger partial charge in [-0.3, -0.25) is 0 Å². The Morgan fingerprint density at radius 1 is 1.00 bits per heavy atom. The average Bonchev–Trinajstić information content (AvgIpc) is 3.21. The predicted octanol–water partition coefficient (Wildman–Crippen LogP) is 6.22. The third-order valence-electron chi connectivity index (χ3n) is 4.49. The first-order chi connectivity index (χ1) is 15.4. The number of sulfone groups is 1. The largest absolute Gasteiger partial charge is 0.494 e. The summed E-state index contributed by atoms with van der Waals surface area (Å²) in [6.45, 7) is 2.42. The second-order valence-electron chi connectivity index (χ2n) is 6.70. The molecule has 6 nitrogen and oxygen atoms in total. The molecule has 0 unspecified atom stereocenters. The molecule has 32 heavy (non-hydrogen) atoms. The molecule has 0 aliphatic heterocycles. The number of nitrogens with zero attached hydrogens (tertiary/aromatic N) is 1. The number of halogens is 2. The lowest BCUT2D eigenvalue weighted by Gasteiger charge is -2.08. The van der Waals surface area contributed by atoms with Crippen LogP contribution in [0.3, 0.4) is 0 Å². The van der Waals surface area contributed by atoms with Gasteiger partial charge in [0.15, 0.2) is 0 Å². The van der Waals surface area contributed by atoms with Gasteiger partial charge in [0.05, 0.1) is 11.5 Å². The standard InChI is InChI=1S/C23H18BrFN2O4S/c1-2-30-19-11-9-18(10-12-19)26-22-23(32(28,29)20-13-5-16(24)6-14-20)27-21(31-22)15-3-7-17(25)8-4-15/h3-14,26H,2H2,1H3. The van der Waals surface area contributed by atoms with Crippen LogP contribution in [0.5, 0.6) is 5.75 Å². The molecule has 0 radical (unpaired) electrons. The third-order valence-corrected chi connectivity index (χ3v) is 6.70. The van der Waals surface area contributed by atoms with E-state index in [0.29, 0.717) is 23.6 Å². The van der Waals surface area contributed by atoms with Gasteiger partial charge in [0.1, 0.15) is 11.6 Å². The van der Waals surface area contributed by atoms with Crippen LogP contribution in [0.4, 0.5) is 16.0 Å². The van der Waals surface area contributed by atoms with E-state index < -0.39 is 15.7 Å². The van der Waals surface area contributed by atoms with Gasteiger partial charge in [0.25, 0.3) is 0 Å². The lowest BCUT2D eigenvalue weighted by Crippen LogP contribution is -2.05. The Balaban J connectivity index is 1.78. The first-order valence-electron chi connectivity index (χ1n) is 9.64. The van der Waals surface area contributed by atoms with Crippen molar-refractivity contribution < 1.29 is 22.0 Å². The number of ether oxygens (including phenoxy) is 1.